The van der Waals surface area contributed by atoms with Crippen LogP contribution in [0.1, 0.15) is 27.2 Å². The molecule has 1 amide bonds. The third-order valence-corrected chi connectivity index (χ3v) is 5.01. The number of hydrogen-bond acceptors (Lipinski definition) is 5. The van der Waals surface area contributed by atoms with Crippen molar-refractivity contribution in [1.29, 1.82) is 0 Å². The van der Waals surface area contributed by atoms with Crippen LogP contribution in [0.15, 0.2) is 95.6 Å². The Labute approximate surface area is 192 Å². The zero-order chi connectivity index (χ0) is 22.9. The van der Waals surface area contributed by atoms with Gasteiger partial charge in [-0.1, -0.05) is 54.6 Å². The maximum absolute atomic E-state index is 12.7. The predicted molar refractivity (Wildman–Crippen MR) is 124 cm³/mol. The third kappa shape index (κ3) is 5.95. The first kappa shape index (κ1) is 22.0. The molecule has 33 heavy (non-hydrogen) atoms. The number of carbonyl (C=O) groups is 1. The molecule has 1 aromatic heterocycles. The van der Waals surface area contributed by atoms with Crippen molar-refractivity contribution in [3.05, 3.63) is 114 Å². The molecule has 1 heterocycles. The first-order chi connectivity index (χ1) is 16.2. The average Bonchev–Trinajstić information content (AvgIpc) is 3.35. The summed E-state index contributed by atoms with van der Waals surface area (Å²) >= 11 is 0. The highest BCUT2D eigenvalue weighted by molar-refractivity contribution is 5.92. The van der Waals surface area contributed by atoms with Crippen molar-refractivity contribution in [1.82, 2.24) is 5.32 Å². The van der Waals surface area contributed by atoms with Gasteiger partial charge < -0.3 is 23.9 Å². The monoisotopic (exact) mass is 443 g/mol. The molecule has 0 aliphatic carbocycles. The number of amides is 1. The summed E-state index contributed by atoms with van der Waals surface area (Å²) in [6, 6.07) is 26.7. The zero-order valence-electron chi connectivity index (χ0n) is 18.3. The molecule has 6 nitrogen and oxygen atoms in total. The van der Waals surface area contributed by atoms with E-state index in [-0.39, 0.29) is 18.3 Å². The third-order valence-electron chi connectivity index (χ3n) is 5.01. The van der Waals surface area contributed by atoms with Crippen LogP contribution in [0, 0.1) is 0 Å². The summed E-state index contributed by atoms with van der Waals surface area (Å²) < 4.78 is 22.5. The number of benzene rings is 3. The molecule has 0 radical (unpaired) electrons. The van der Waals surface area contributed by atoms with Gasteiger partial charge in [0.15, 0.2) is 17.3 Å². The van der Waals surface area contributed by atoms with Crippen molar-refractivity contribution in [3.8, 4) is 17.2 Å². The van der Waals surface area contributed by atoms with E-state index in [9.17, 15) is 4.79 Å². The van der Waals surface area contributed by atoms with Crippen LogP contribution in [-0.2, 0) is 19.8 Å². The van der Waals surface area contributed by atoms with Crippen molar-refractivity contribution in [2.24, 2.45) is 0 Å². The lowest BCUT2D eigenvalue weighted by molar-refractivity contribution is 0.0919. The van der Waals surface area contributed by atoms with Gasteiger partial charge in [0.05, 0.1) is 13.4 Å². The highest BCUT2D eigenvalue weighted by Gasteiger charge is 2.16. The van der Waals surface area contributed by atoms with E-state index in [1.165, 1.54) is 6.26 Å². The Balaban J connectivity index is 1.34. The largest absolute Gasteiger partial charge is 0.493 e. The van der Waals surface area contributed by atoms with Gasteiger partial charge in [-0.3, -0.25) is 4.79 Å². The summed E-state index contributed by atoms with van der Waals surface area (Å²) in [5, 5.41) is 2.88. The predicted octanol–water partition coefficient (Wildman–Crippen LogP) is 5.38. The van der Waals surface area contributed by atoms with Crippen LogP contribution >= 0.6 is 0 Å². The first-order valence-electron chi connectivity index (χ1n) is 10.6. The van der Waals surface area contributed by atoms with Gasteiger partial charge in [0.2, 0.25) is 0 Å². The lowest BCUT2D eigenvalue weighted by atomic mass is 10.2. The summed E-state index contributed by atoms with van der Waals surface area (Å²) in [6.07, 6.45) is 1.49. The molecule has 168 valence electrons. The molecular weight excluding hydrogens is 418 g/mol. The molecule has 0 fully saturated rings. The van der Waals surface area contributed by atoms with E-state index in [1.54, 1.807) is 13.2 Å². The number of ether oxygens (including phenoxy) is 3. The molecule has 0 aliphatic heterocycles. The van der Waals surface area contributed by atoms with Gasteiger partial charge in [-0.2, -0.15) is 0 Å². The Bertz CT molecular complexity index is 1170. The Hall–Kier alpha value is -4.19. The fraction of sp³-hybridized carbons (Fsp3) is 0.148. The standard InChI is InChI=1S/C27H25NO5/c1-30-25-16-21(12-13-24(25)33-18-20-8-4-2-5-9-20)17-28-27(29)26-22(14-15-31-26)19-32-23-10-6-3-7-11-23/h2-16H,17-19H2,1H3,(H,28,29). The summed E-state index contributed by atoms with van der Waals surface area (Å²) in [6.45, 7) is 0.998. The summed E-state index contributed by atoms with van der Waals surface area (Å²) in [5.74, 6) is 1.90. The van der Waals surface area contributed by atoms with Gasteiger partial charge >= 0.3 is 0 Å². The van der Waals surface area contributed by atoms with E-state index in [2.05, 4.69) is 5.32 Å². The van der Waals surface area contributed by atoms with E-state index >= 15 is 0 Å². The topological polar surface area (TPSA) is 69.9 Å². The van der Waals surface area contributed by atoms with Crippen LogP contribution in [0.2, 0.25) is 0 Å². The molecule has 3 aromatic carbocycles. The average molecular weight is 443 g/mol. The molecule has 0 bridgehead atoms. The lowest BCUT2D eigenvalue weighted by Gasteiger charge is -2.13. The molecule has 1 N–H and O–H groups in total. The Morgan fingerprint density at radius 2 is 1.58 bits per heavy atom. The molecule has 0 aliphatic rings. The van der Waals surface area contributed by atoms with Gasteiger partial charge in [0.25, 0.3) is 5.91 Å². The fourth-order valence-electron chi connectivity index (χ4n) is 3.27. The van der Waals surface area contributed by atoms with E-state index in [1.807, 2.05) is 78.9 Å². The van der Waals surface area contributed by atoms with E-state index < -0.39 is 0 Å². The molecular formula is C27H25NO5. The lowest BCUT2D eigenvalue weighted by Crippen LogP contribution is -2.23. The molecule has 0 spiro atoms. The Morgan fingerprint density at radius 1 is 0.818 bits per heavy atom. The number of para-hydroxylation sites is 1. The number of methoxy groups -OCH3 is 1. The van der Waals surface area contributed by atoms with Gasteiger partial charge in [-0.05, 0) is 41.5 Å². The maximum Gasteiger partial charge on any atom is 0.287 e. The molecule has 0 saturated carbocycles. The molecule has 4 rings (SSSR count). The second-order valence-electron chi connectivity index (χ2n) is 7.32. The second kappa shape index (κ2) is 10.9. The number of furan rings is 1. The SMILES string of the molecule is COc1cc(CNC(=O)c2occc2COc2ccccc2)ccc1OCc1ccccc1. The molecule has 6 heteroatoms. The highest BCUT2D eigenvalue weighted by atomic mass is 16.5. The number of rotatable bonds is 10. The fourth-order valence-corrected chi connectivity index (χ4v) is 3.27. The van der Waals surface area contributed by atoms with Crippen LogP contribution in [0.3, 0.4) is 0 Å². The Morgan fingerprint density at radius 3 is 2.33 bits per heavy atom. The summed E-state index contributed by atoms with van der Waals surface area (Å²) in [4.78, 5) is 12.7. The van der Waals surface area contributed by atoms with Crippen LogP contribution in [-0.4, -0.2) is 13.0 Å². The summed E-state index contributed by atoms with van der Waals surface area (Å²) in [7, 11) is 1.59. The number of hydrogen-bond donors (Lipinski definition) is 1. The van der Waals surface area contributed by atoms with Gasteiger partial charge in [0.1, 0.15) is 19.0 Å². The minimum atomic E-state index is -0.310. The van der Waals surface area contributed by atoms with Crippen molar-refractivity contribution in [2.75, 3.05) is 7.11 Å². The molecule has 4 aromatic rings. The van der Waals surface area contributed by atoms with Crippen LogP contribution in [0.4, 0.5) is 0 Å². The van der Waals surface area contributed by atoms with Crippen molar-refractivity contribution >= 4 is 5.91 Å². The number of carbonyl (C=O) groups excluding carboxylic acids is 1. The van der Waals surface area contributed by atoms with E-state index in [0.717, 1.165) is 16.9 Å². The van der Waals surface area contributed by atoms with E-state index in [0.29, 0.717) is 30.2 Å². The molecule has 0 saturated heterocycles. The Kier molecular flexibility index (Phi) is 7.28. The van der Waals surface area contributed by atoms with Crippen molar-refractivity contribution < 1.29 is 23.4 Å². The van der Waals surface area contributed by atoms with Crippen molar-refractivity contribution in [2.45, 2.75) is 19.8 Å². The number of nitrogens with one attached hydrogen (secondary N) is 1. The van der Waals surface area contributed by atoms with Crippen molar-refractivity contribution in [3.63, 3.8) is 0 Å². The second-order valence-corrected chi connectivity index (χ2v) is 7.32. The summed E-state index contributed by atoms with van der Waals surface area (Å²) in [5.41, 5.74) is 2.63. The highest BCUT2D eigenvalue weighted by Crippen LogP contribution is 2.29. The van der Waals surface area contributed by atoms with Gasteiger partial charge in [-0.15, -0.1) is 0 Å². The quantitative estimate of drug-likeness (QED) is 0.357. The molecule has 0 unspecified atom stereocenters. The maximum atomic E-state index is 12.7. The van der Waals surface area contributed by atoms with Crippen LogP contribution < -0.4 is 19.5 Å². The van der Waals surface area contributed by atoms with Crippen LogP contribution in [0.5, 0.6) is 17.2 Å². The zero-order valence-corrected chi connectivity index (χ0v) is 18.3. The smallest absolute Gasteiger partial charge is 0.287 e. The van der Waals surface area contributed by atoms with Crippen LogP contribution in [0.25, 0.3) is 0 Å². The minimum Gasteiger partial charge on any atom is -0.493 e. The minimum absolute atomic E-state index is 0.237. The van der Waals surface area contributed by atoms with Gasteiger partial charge in [0, 0.05) is 12.1 Å². The molecule has 0 atom stereocenters. The van der Waals surface area contributed by atoms with Gasteiger partial charge in [-0.25, -0.2) is 0 Å². The van der Waals surface area contributed by atoms with E-state index in [4.69, 9.17) is 18.6 Å². The first-order valence-corrected chi connectivity index (χ1v) is 10.6. The normalized spacial score (nSPS) is 10.5.